The summed E-state index contributed by atoms with van der Waals surface area (Å²) in [7, 11) is 1.47. The molecule has 0 amide bonds. The number of methoxy groups -OCH3 is 1. The number of fused-ring (bicyclic) bond motifs is 1. The lowest BCUT2D eigenvalue weighted by Crippen LogP contribution is -2.01. The molecule has 0 saturated carbocycles. The summed E-state index contributed by atoms with van der Waals surface area (Å²) in [6, 6.07) is 4.57. The van der Waals surface area contributed by atoms with Crippen LogP contribution < -0.4 is 4.74 Å². The molecule has 0 spiro atoms. The van der Waals surface area contributed by atoms with Crippen molar-refractivity contribution in [1.29, 1.82) is 0 Å². The molecule has 8 heteroatoms. The Kier molecular flexibility index (Phi) is 3.69. The van der Waals surface area contributed by atoms with Gasteiger partial charge >= 0.3 is 0 Å². The first-order valence-corrected chi connectivity index (χ1v) is 7.54. The molecule has 0 bridgehead atoms. The summed E-state index contributed by atoms with van der Waals surface area (Å²) in [5.41, 5.74) is 0.615. The minimum atomic E-state index is -0.448. The van der Waals surface area contributed by atoms with Crippen LogP contribution in [0, 0.1) is 5.82 Å². The van der Waals surface area contributed by atoms with Crippen LogP contribution in [0.3, 0.4) is 0 Å². The molecule has 108 valence electrons. The fraction of sp³-hybridized carbons (Fsp3) is 0.154. The Labute approximate surface area is 129 Å². The van der Waals surface area contributed by atoms with Crippen LogP contribution in [0.15, 0.2) is 29.6 Å². The zero-order valence-corrected chi connectivity index (χ0v) is 12.7. The molecule has 3 aromatic rings. The first-order chi connectivity index (χ1) is 10.1. The second kappa shape index (κ2) is 5.50. The van der Waals surface area contributed by atoms with Gasteiger partial charge in [0.1, 0.15) is 16.6 Å². The van der Waals surface area contributed by atoms with Crippen LogP contribution >= 0.6 is 23.4 Å². The number of benzene rings is 1. The molecule has 5 nitrogen and oxygen atoms in total. The van der Waals surface area contributed by atoms with Crippen molar-refractivity contribution < 1.29 is 9.13 Å². The zero-order valence-electron chi connectivity index (χ0n) is 11.2. The second-order valence-corrected chi connectivity index (χ2v) is 5.23. The Morgan fingerprint density at radius 2 is 2.14 bits per heavy atom. The van der Waals surface area contributed by atoms with Crippen molar-refractivity contribution in [3.05, 3.63) is 35.4 Å². The van der Waals surface area contributed by atoms with Crippen molar-refractivity contribution in [3.8, 4) is 11.4 Å². The fourth-order valence-electron chi connectivity index (χ4n) is 1.94. The maximum Gasteiger partial charge on any atom is 0.190 e. The molecule has 2 heterocycles. The molecule has 1 aromatic carbocycles. The van der Waals surface area contributed by atoms with E-state index in [1.165, 1.54) is 29.6 Å². The van der Waals surface area contributed by atoms with Crippen molar-refractivity contribution in [2.75, 3.05) is 13.4 Å². The number of halogens is 2. The van der Waals surface area contributed by atoms with Crippen LogP contribution in [-0.2, 0) is 0 Å². The molecule has 0 N–H and O–H groups in total. The van der Waals surface area contributed by atoms with Crippen LogP contribution in [0.25, 0.3) is 16.7 Å². The van der Waals surface area contributed by atoms with Gasteiger partial charge in [-0.05, 0) is 18.4 Å². The van der Waals surface area contributed by atoms with E-state index >= 15 is 0 Å². The molecule has 0 fully saturated rings. The average Bonchev–Trinajstić information content (AvgIpc) is 2.90. The summed E-state index contributed by atoms with van der Waals surface area (Å²) in [5.74, 6) is -0.0756. The molecular weight excluding hydrogens is 315 g/mol. The molecule has 0 aliphatic carbocycles. The number of para-hydroxylation sites is 1. The van der Waals surface area contributed by atoms with Crippen LogP contribution in [0.5, 0.6) is 5.75 Å². The van der Waals surface area contributed by atoms with E-state index in [1.807, 2.05) is 6.26 Å². The summed E-state index contributed by atoms with van der Waals surface area (Å²) in [6.07, 6.45) is 3.43. The maximum atomic E-state index is 14.1. The quantitative estimate of drug-likeness (QED) is 0.420. The first kappa shape index (κ1) is 14.1. The monoisotopic (exact) mass is 324 g/mol. The van der Waals surface area contributed by atoms with Crippen LogP contribution in [0.1, 0.15) is 0 Å². The van der Waals surface area contributed by atoms with Crippen molar-refractivity contribution >= 4 is 34.4 Å². The Bertz CT molecular complexity index is 823. The summed E-state index contributed by atoms with van der Waals surface area (Å²) < 4.78 is 20.6. The van der Waals surface area contributed by atoms with Gasteiger partial charge in [0, 0.05) is 6.20 Å². The van der Waals surface area contributed by atoms with E-state index in [0.717, 1.165) is 0 Å². The van der Waals surface area contributed by atoms with Gasteiger partial charge < -0.3 is 4.74 Å². The van der Waals surface area contributed by atoms with Crippen molar-refractivity contribution in [3.63, 3.8) is 0 Å². The predicted octanol–water partition coefficient (Wildman–Crippen LogP) is 3.34. The summed E-state index contributed by atoms with van der Waals surface area (Å²) >= 11 is 7.47. The molecule has 21 heavy (non-hydrogen) atoms. The normalized spacial score (nSPS) is 11.0. The lowest BCUT2D eigenvalue weighted by Gasteiger charge is -2.08. The summed E-state index contributed by atoms with van der Waals surface area (Å²) in [5, 5.41) is 5.62. The Morgan fingerprint density at radius 3 is 2.86 bits per heavy atom. The van der Waals surface area contributed by atoms with Gasteiger partial charge in [0.25, 0.3) is 0 Å². The molecule has 2 aromatic heterocycles. The van der Waals surface area contributed by atoms with Gasteiger partial charge in [0.2, 0.25) is 0 Å². The lowest BCUT2D eigenvalue weighted by atomic mass is 10.3. The van der Waals surface area contributed by atoms with Gasteiger partial charge in [-0.1, -0.05) is 29.4 Å². The molecule has 0 radical (unpaired) electrons. The van der Waals surface area contributed by atoms with Gasteiger partial charge in [0.05, 0.1) is 12.5 Å². The van der Waals surface area contributed by atoms with E-state index in [1.54, 1.807) is 18.3 Å². The minimum Gasteiger partial charge on any atom is -0.494 e. The van der Waals surface area contributed by atoms with Crippen LogP contribution in [-0.4, -0.2) is 33.1 Å². The topological polar surface area (TPSA) is 52.8 Å². The first-order valence-electron chi connectivity index (χ1n) is 5.94. The largest absolute Gasteiger partial charge is 0.494 e. The molecular formula is C13H10ClFN4OS. The Morgan fingerprint density at radius 1 is 1.33 bits per heavy atom. The number of nitrogens with zero attached hydrogens (tertiary/aromatic N) is 4. The van der Waals surface area contributed by atoms with Gasteiger partial charge in [-0.3, -0.25) is 0 Å². The highest BCUT2D eigenvalue weighted by molar-refractivity contribution is 7.98. The molecule has 0 unspecified atom stereocenters. The average molecular weight is 325 g/mol. The smallest absolute Gasteiger partial charge is 0.190 e. The fourth-order valence-corrected chi connectivity index (χ4v) is 2.56. The van der Waals surface area contributed by atoms with Crippen molar-refractivity contribution in [2.24, 2.45) is 0 Å². The van der Waals surface area contributed by atoms with E-state index in [0.29, 0.717) is 21.9 Å². The second-order valence-electron chi connectivity index (χ2n) is 4.10. The number of ether oxygens (including phenoxy) is 1. The number of aromatic nitrogens is 4. The van der Waals surface area contributed by atoms with Crippen LogP contribution in [0.4, 0.5) is 4.39 Å². The van der Waals surface area contributed by atoms with Gasteiger partial charge in [-0.25, -0.2) is 19.0 Å². The molecule has 0 saturated heterocycles. The minimum absolute atomic E-state index is 0.208. The van der Waals surface area contributed by atoms with Crippen LogP contribution in [0.2, 0.25) is 5.15 Å². The number of rotatable bonds is 3. The lowest BCUT2D eigenvalue weighted by molar-refractivity contribution is 0.407. The maximum absolute atomic E-state index is 14.1. The number of hydrogen-bond acceptors (Lipinski definition) is 5. The van der Waals surface area contributed by atoms with Crippen molar-refractivity contribution in [2.45, 2.75) is 5.16 Å². The third kappa shape index (κ3) is 2.43. The Hall–Kier alpha value is -1.86. The highest BCUT2D eigenvalue weighted by Crippen LogP contribution is 2.28. The number of hydrogen-bond donors (Lipinski definition) is 0. The SMILES string of the molecule is COc1cccc(F)c1-n1cc2c(Cl)nc(SC)nc2n1. The third-order valence-electron chi connectivity index (χ3n) is 2.89. The standard InChI is InChI=1S/C13H10ClFN4OS/c1-20-9-5-3-4-8(15)10(9)19-6-7-11(14)16-13(21-2)17-12(7)18-19/h3-6H,1-2H3. The molecule has 0 aliphatic heterocycles. The summed E-state index contributed by atoms with van der Waals surface area (Å²) in [4.78, 5) is 8.39. The third-order valence-corrected chi connectivity index (χ3v) is 3.73. The highest BCUT2D eigenvalue weighted by atomic mass is 35.5. The Balaban J connectivity index is 2.25. The van der Waals surface area contributed by atoms with Gasteiger partial charge in [-0.2, -0.15) is 0 Å². The number of thioether (sulfide) groups is 1. The predicted molar refractivity (Wildman–Crippen MR) is 80.0 cm³/mol. The van der Waals surface area contributed by atoms with E-state index in [9.17, 15) is 4.39 Å². The van der Waals surface area contributed by atoms with Crippen molar-refractivity contribution in [1.82, 2.24) is 19.7 Å². The summed E-state index contributed by atoms with van der Waals surface area (Å²) in [6.45, 7) is 0. The highest BCUT2D eigenvalue weighted by Gasteiger charge is 2.16. The zero-order chi connectivity index (χ0) is 15.0. The molecule has 3 rings (SSSR count). The van der Waals surface area contributed by atoms with E-state index in [2.05, 4.69) is 15.1 Å². The van der Waals surface area contributed by atoms with E-state index < -0.39 is 5.82 Å². The van der Waals surface area contributed by atoms with Gasteiger partial charge in [-0.15, -0.1) is 5.10 Å². The van der Waals surface area contributed by atoms with E-state index in [4.69, 9.17) is 16.3 Å². The van der Waals surface area contributed by atoms with E-state index in [-0.39, 0.29) is 10.8 Å². The van der Waals surface area contributed by atoms with Gasteiger partial charge in [0.15, 0.2) is 16.6 Å². The molecule has 0 aliphatic rings. The molecule has 0 atom stereocenters.